The highest BCUT2D eigenvalue weighted by Crippen LogP contribution is 2.66. The highest BCUT2D eigenvalue weighted by atomic mass is 16.5. The highest BCUT2D eigenvalue weighted by Gasteiger charge is 2.58. The SMILES string of the molecule is CCNC(C1=COCCC1)C12CC3CC(CC(C)(C3)C1)C2. The Hall–Kier alpha value is -0.500. The van der Waals surface area contributed by atoms with Gasteiger partial charge in [0.25, 0.3) is 0 Å². The van der Waals surface area contributed by atoms with E-state index >= 15 is 0 Å². The second-order valence-corrected chi connectivity index (χ2v) is 8.79. The molecule has 5 rings (SSSR count). The Bertz CT molecular complexity index is 427. The summed E-state index contributed by atoms with van der Waals surface area (Å²) >= 11 is 0. The molecule has 0 saturated heterocycles. The zero-order valence-electron chi connectivity index (χ0n) is 13.8. The van der Waals surface area contributed by atoms with Crippen LogP contribution in [0, 0.1) is 22.7 Å². The second-order valence-electron chi connectivity index (χ2n) is 8.79. The van der Waals surface area contributed by atoms with Crippen LogP contribution in [0.1, 0.15) is 65.2 Å². The first-order chi connectivity index (χ1) is 10.1. The first kappa shape index (κ1) is 14.1. The molecule has 1 aliphatic heterocycles. The van der Waals surface area contributed by atoms with Gasteiger partial charge >= 0.3 is 0 Å². The average Bonchev–Trinajstić information content (AvgIpc) is 2.43. The van der Waals surface area contributed by atoms with Gasteiger partial charge in [-0.25, -0.2) is 0 Å². The van der Waals surface area contributed by atoms with Gasteiger partial charge in [-0.3, -0.25) is 0 Å². The summed E-state index contributed by atoms with van der Waals surface area (Å²) in [6.45, 7) is 6.83. The van der Waals surface area contributed by atoms with Gasteiger partial charge in [-0.2, -0.15) is 0 Å². The molecule has 3 atom stereocenters. The van der Waals surface area contributed by atoms with Crippen LogP contribution in [0.25, 0.3) is 0 Å². The lowest BCUT2D eigenvalue weighted by atomic mass is 9.42. The molecule has 0 spiro atoms. The first-order valence-corrected chi connectivity index (χ1v) is 9.16. The summed E-state index contributed by atoms with van der Waals surface area (Å²) in [5, 5.41) is 3.88. The Balaban J connectivity index is 1.66. The van der Waals surface area contributed by atoms with Crippen LogP contribution in [-0.4, -0.2) is 19.2 Å². The van der Waals surface area contributed by atoms with Gasteiger partial charge in [0.05, 0.1) is 12.9 Å². The van der Waals surface area contributed by atoms with Gasteiger partial charge in [0.2, 0.25) is 0 Å². The fourth-order valence-corrected chi connectivity index (χ4v) is 6.88. The summed E-state index contributed by atoms with van der Waals surface area (Å²) in [5.74, 6) is 2.00. The average molecular weight is 289 g/mol. The van der Waals surface area contributed by atoms with E-state index in [0.29, 0.717) is 16.9 Å². The van der Waals surface area contributed by atoms with Crippen molar-refractivity contribution < 1.29 is 4.74 Å². The molecule has 118 valence electrons. The maximum atomic E-state index is 5.70. The molecule has 0 aromatic carbocycles. The molecule has 2 nitrogen and oxygen atoms in total. The zero-order valence-corrected chi connectivity index (χ0v) is 13.8. The quantitative estimate of drug-likeness (QED) is 0.834. The molecule has 4 saturated carbocycles. The predicted octanol–water partition coefficient (Wildman–Crippen LogP) is 4.27. The Morgan fingerprint density at radius 1 is 1.29 bits per heavy atom. The monoisotopic (exact) mass is 289 g/mol. The number of nitrogens with one attached hydrogen (secondary N) is 1. The zero-order chi connectivity index (χ0) is 14.5. The molecule has 4 aliphatic carbocycles. The van der Waals surface area contributed by atoms with E-state index in [1.165, 1.54) is 51.4 Å². The molecule has 0 aromatic rings. The molecule has 1 heterocycles. The molecule has 2 heteroatoms. The summed E-state index contributed by atoms with van der Waals surface area (Å²) in [7, 11) is 0. The molecule has 3 unspecified atom stereocenters. The molecule has 4 bridgehead atoms. The van der Waals surface area contributed by atoms with E-state index in [1.54, 1.807) is 5.57 Å². The van der Waals surface area contributed by atoms with Crippen LogP contribution in [0.2, 0.25) is 0 Å². The lowest BCUT2D eigenvalue weighted by Gasteiger charge is -2.64. The van der Waals surface area contributed by atoms with Gasteiger partial charge < -0.3 is 10.1 Å². The number of hydrogen-bond donors (Lipinski definition) is 1. The minimum Gasteiger partial charge on any atom is -0.501 e. The minimum atomic E-state index is 0.529. The molecular weight excluding hydrogens is 258 g/mol. The van der Waals surface area contributed by atoms with Crippen LogP contribution in [0.3, 0.4) is 0 Å². The largest absolute Gasteiger partial charge is 0.501 e. The summed E-state index contributed by atoms with van der Waals surface area (Å²) in [6.07, 6.45) is 13.5. The van der Waals surface area contributed by atoms with E-state index in [2.05, 4.69) is 25.4 Å². The summed E-state index contributed by atoms with van der Waals surface area (Å²) in [4.78, 5) is 0. The van der Waals surface area contributed by atoms with Crippen LogP contribution in [0.4, 0.5) is 0 Å². The van der Waals surface area contributed by atoms with Crippen LogP contribution in [-0.2, 0) is 4.74 Å². The van der Waals surface area contributed by atoms with E-state index in [4.69, 9.17) is 4.74 Å². The van der Waals surface area contributed by atoms with Crippen molar-refractivity contribution >= 4 is 0 Å². The second kappa shape index (κ2) is 5.01. The molecule has 21 heavy (non-hydrogen) atoms. The number of ether oxygens (including phenoxy) is 1. The molecule has 0 aromatic heterocycles. The summed E-state index contributed by atoms with van der Waals surface area (Å²) in [5.41, 5.74) is 2.73. The molecule has 0 radical (unpaired) electrons. The minimum absolute atomic E-state index is 0.529. The first-order valence-electron chi connectivity index (χ1n) is 9.16. The van der Waals surface area contributed by atoms with Crippen LogP contribution >= 0.6 is 0 Å². The predicted molar refractivity (Wildman–Crippen MR) is 86.0 cm³/mol. The third-order valence-electron chi connectivity index (χ3n) is 6.75. The number of hydrogen-bond acceptors (Lipinski definition) is 2. The number of rotatable bonds is 4. The van der Waals surface area contributed by atoms with Gasteiger partial charge in [0.1, 0.15) is 0 Å². The smallest absolute Gasteiger partial charge is 0.0876 e. The fraction of sp³-hybridized carbons (Fsp3) is 0.895. The van der Waals surface area contributed by atoms with Crippen molar-refractivity contribution in [3.8, 4) is 0 Å². The van der Waals surface area contributed by atoms with Crippen molar-refractivity contribution in [1.29, 1.82) is 0 Å². The standard InChI is InChI=1S/C19H31NO/c1-3-20-17(16-5-4-6-21-12-16)19-10-14-7-15(11-19)9-18(2,8-14)13-19/h12,14-15,17,20H,3-11,13H2,1-2H3. The van der Waals surface area contributed by atoms with Crippen molar-refractivity contribution in [1.82, 2.24) is 5.32 Å². The Labute approximate surface area is 129 Å². The Morgan fingerprint density at radius 2 is 2.05 bits per heavy atom. The number of likely N-dealkylation sites (N-methyl/N-ethyl adjacent to an activating group) is 1. The fourth-order valence-electron chi connectivity index (χ4n) is 6.88. The van der Waals surface area contributed by atoms with Gasteiger partial charge in [-0.15, -0.1) is 0 Å². The van der Waals surface area contributed by atoms with Crippen molar-refractivity contribution in [3.05, 3.63) is 11.8 Å². The van der Waals surface area contributed by atoms with E-state index in [9.17, 15) is 0 Å². The summed E-state index contributed by atoms with van der Waals surface area (Å²) < 4.78 is 5.70. The third-order valence-corrected chi connectivity index (χ3v) is 6.75. The maximum absolute atomic E-state index is 5.70. The van der Waals surface area contributed by atoms with Crippen molar-refractivity contribution in [2.45, 2.75) is 71.3 Å². The maximum Gasteiger partial charge on any atom is 0.0876 e. The molecular formula is C19H31NO. The van der Waals surface area contributed by atoms with Crippen molar-refractivity contribution in [2.24, 2.45) is 22.7 Å². The molecule has 4 fully saturated rings. The van der Waals surface area contributed by atoms with E-state index in [0.717, 1.165) is 25.0 Å². The van der Waals surface area contributed by atoms with E-state index in [1.807, 2.05) is 0 Å². The van der Waals surface area contributed by atoms with Crippen molar-refractivity contribution in [3.63, 3.8) is 0 Å². The molecule has 0 amide bonds. The van der Waals surface area contributed by atoms with Crippen LogP contribution in [0.15, 0.2) is 11.8 Å². The molecule has 1 N–H and O–H groups in total. The van der Waals surface area contributed by atoms with Gasteiger partial charge in [0.15, 0.2) is 0 Å². The van der Waals surface area contributed by atoms with Crippen LogP contribution in [0.5, 0.6) is 0 Å². The Kier molecular flexibility index (Phi) is 3.37. The van der Waals surface area contributed by atoms with E-state index < -0.39 is 0 Å². The third kappa shape index (κ3) is 2.34. The lowest BCUT2D eigenvalue weighted by Crippen LogP contribution is -2.59. The molecule has 5 aliphatic rings. The lowest BCUT2D eigenvalue weighted by molar-refractivity contribution is -0.113. The van der Waals surface area contributed by atoms with Crippen molar-refractivity contribution in [2.75, 3.05) is 13.2 Å². The van der Waals surface area contributed by atoms with Gasteiger partial charge in [-0.1, -0.05) is 13.8 Å². The van der Waals surface area contributed by atoms with Crippen LogP contribution < -0.4 is 5.32 Å². The van der Waals surface area contributed by atoms with E-state index in [-0.39, 0.29) is 0 Å². The topological polar surface area (TPSA) is 21.3 Å². The van der Waals surface area contributed by atoms with Gasteiger partial charge in [0, 0.05) is 6.04 Å². The van der Waals surface area contributed by atoms with Gasteiger partial charge in [-0.05, 0) is 86.2 Å². The normalized spacial score (nSPS) is 46.1. The summed E-state index contributed by atoms with van der Waals surface area (Å²) in [6, 6.07) is 0.577. The Morgan fingerprint density at radius 3 is 2.62 bits per heavy atom. The highest BCUT2D eigenvalue weighted by molar-refractivity contribution is 5.21.